The van der Waals surface area contributed by atoms with Crippen molar-refractivity contribution in [3.05, 3.63) is 0 Å². The maximum atomic E-state index is 11.8. The molecule has 0 aromatic rings. The van der Waals surface area contributed by atoms with Gasteiger partial charge in [-0.05, 0) is 159 Å². The number of likely N-dealkylation sites (tertiary alicyclic amines) is 4. The third-order valence-electron chi connectivity index (χ3n) is 12.6. The molecule has 0 aliphatic carbocycles. The van der Waals surface area contributed by atoms with E-state index < -0.39 is 23.9 Å². The molecule has 0 aromatic heterocycles. The molecule has 412 valence electrons. The highest BCUT2D eigenvalue weighted by molar-refractivity contribution is 6.27. The fraction of sp³-hybridized carbons (Fsp3) is 0.833. The summed E-state index contributed by atoms with van der Waals surface area (Å²) in [5, 5.41) is 42.8. The summed E-state index contributed by atoms with van der Waals surface area (Å²) in [5.74, 6) is -4.52. The predicted octanol–water partition coefficient (Wildman–Crippen LogP) is 3.17. The summed E-state index contributed by atoms with van der Waals surface area (Å²) in [6, 6.07) is 1.48. The van der Waals surface area contributed by atoms with Crippen molar-refractivity contribution in [2.45, 2.75) is 155 Å². The van der Waals surface area contributed by atoms with Gasteiger partial charge in [0.25, 0.3) is 0 Å². The lowest BCUT2D eigenvalue weighted by Crippen LogP contribution is -2.65. The fourth-order valence-corrected chi connectivity index (χ4v) is 9.02. The number of nitrogens with one attached hydrogen (secondary N) is 4. The molecular formula is C48H84N8O16. The molecular weight excluding hydrogens is 945 g/mol. The molecule has 0 saturated carbocycles. The van der Waals surface area contributed by atoms with E-state index in [0.29, 0.717) is 47.8 Å². The number of rotatable bonds is 0. The Kier molecular flexibility index (Phi) is 22.2. The van der Waals surface area contributed by atoms with E-state index in [2.05, 4.69) is 21.3 Å². The van der Waals surface area contributed by atoms with Gasteiger partial charge in [-0.2, -0.15) is 0 Å². The molecule has 8 fully saturated rings. The van der Waals surface area contributed by atoms with Crippen LogP contribution in [0.4, 0.5) is 19.2 Å². The number of ether oxygens (including phenoxy) is 4. The number of carboxylic acids is 4. The van der Waals surface area contributed by atoms with Gasteiger partial charge in [0.2, 0.25) is 0 Å². The number of piperidine rings is 4. The summed E-state index contributed by atoms with van der Waals surface area (Å²) in [6.07, 6.45) is 4.10. The molecule has 72 heavy (non-hydrogen) atoms. The van der Waals surface area contributed by atoms with E-state index in [-0.39, 0.29) is 46.8 Å². The molecule has 4 amide bonds. The molecule has 0 spiro atoms. The Morgan fingerprint density at radius 1 is 0.347 bits per heavy atom. The van der Waals surface area contributed by atoms with Gasteiger partial charge in [0, 0.05) is 52.4 Å². The highest BCUT2D eigenvalue weighted by Gasteiger charge is 2.47. The average molecular weight is 1030 g/mol. The summed E-state index contributed by atoms with van der Waals surface area (Å²) >= 11 is 0. The van der Waals surface area contributed by atoms with Crippen LogP contribution in [-0.2, 0) is 38.1 Å². The van der Waals surface area contributed by atoms with Gasteiger partial charge < -0.3 is 80.2 Å². The molecule has 8 aliphatic rings. The van der Waals surface area contributed by atoms with Crippen LogP contribution in [0.25, 0.3) is 0 Å². The molecule has 24 nitrogen and oxygen atoms in total. The molecule has 24 heteroatoms. The Bertz CT molecular complexity index is 1610. The number of hydrogen-bond acceptors (Lipinski definition) is 16. The van der Waals surface area contributed by atoms with Gasteiger partial charge in [-0.3, -0.25) is 0 Å². The van der Waals surface area contributed by atoms with Gasteiger partial charge in [0.1, 0.15) is 22.4 Å². The number of nitrogens with zero attached hydrogens (tertiary/aromatic N) is 4. The summed E-state index contributed by atoms with van der Waals surface area (Å²) in [4.78, 5) is 90.9. The first kappa shape index (κ1) is 61.1. The van der Waals surface area contributed by atoms with E-state index in [0.717, 1.165) is 78.5 Å². The van der Waals surface area contributed by atoms with Crippen LogP contribution in [0.1, 0.15) is 109 Å². The van der Waals surface area contributed by atoms with Crippen LogP contribution in [-0.4, -0.2) is 213 Å². The van der Waals surface area contributed by atoms with E-state index >= 15 is 0 Å². The molecule has 8 saturated heterocycles. The Morgan fingerprint density at radius 3 is 0.639 bits per heavy atom. The number of hydrogen-bond donors (Lipinski definition) is 8. The standard InChI is InChI=1S/4C11H20N2O2.2C2H2O4/c4*1-11(2,3)15-10(14)13-7-8-4-5-12-6-9(8)13;2*3-1(4)2(5)6/h4*8-9,12H,4-7H2,1-3H3;2*(H,3,4)(H,5,6)/t4*8-,9-;;/m1100../s1. The van der Waals surface area contributed by atoms with E-state index in [1.807, 2.05) is 103 Å². The fourth-order valence-electron chi connectivity index (χ4n) is 9.02. The van der Waals surface area contributed by atoms with Crippen LogP contribution in [0.3, 0.4) is 0 Å². The largest absolute Gasteiger partial charge is 0.473 e. The van der Waals surface area contributed by atoms with Crippen LogP contribution in [0.15, 0.2) is 0 Å². The number of carboxylic acid groups (broad SMARTS) is 4. The monoisotopic (exact) mass is 1030 g/mol. The highest BCUT2D eigenvalue weighted by atomic mass is 16.6. The summed E-state index contributed by atoms with van der Waals surface area (Å²) in [6.45, 7) is 34.4. The van der Waals surface area contributed by atoms with E-state index in [1.54, 1.807) is 0 Å². The van der Waals surface area contributed by atoms with Crippen molar-refractivity contribution in [2.24, 2.45) is 23.7 Å². The van der Waals surface area contributed by atoms with Crippen molar-refractivity contribution >= 4 is 48.3 Å². The van der Waals surface area contributed by atoms with Gasteiger partial charge in [-0.25, -0.2) is 38.4 Å². The van der Waals surface area contributed by atoms with E-state index in [4.69, 9.17) is 58.6 Å². The van der Waals surface area contributed by atoms with Gasteiger partial charge in [-0.15, -0.1) is 0 Å². The SMILES string of the molecule is CC(C)(C)OC(=O)N1C[C@@H]2CCNC[C@@H]21.CC(C)(C)OC(=O)N1C[C@@H]2CCNC[C@@H]21.CC(C)(C)OC(=O)N1C[C@H]2CCNC[C@H]21.CC(C)(C)OC(=O)N1C[C@H]2CCNC[C@H]21.O=C(O)C(=O)O.O=C(O)C(=O)O. The number of carbonyl (C=O) groups excluding carboxylic acids is 4. The van der Waals surface area contributed by atoms with Crippen molar-refractivity contribution < 1.29 is 77.7 Å². The quantitative estimate of drug-likeness (QED) is 0.128. The van der Waals surface area contributed by atoms with Crippen molar-refractivity contribution in [1.82, 2.24) is 40.9 Å². The minimum absolute atomic E-state index is 0.160. The highest BCUT2D eigenvalue weighted by Crippen LogP contribution is 2.34. The maximum Gasteiger partial charge on any atom is 0.414 e. The molecule has 0 unspecified atom stereocenters. The average Bonchev–Trinajstić information content (AvgIpc) is 3.18. The molecule has 8 aliphatic heterocycles. The lowest BCUT2D eigenvalue weighted by atomic mass is 9.83. The maximum absolute atomic E-state index is 11.8. The van der Waals surface area contributed by atoms with Crippen molar-refractivity contribution in [3.63, 3.8) is 0 Å². The number of aliphatic carboxylic acids is 4. The second kappa shape index (κ2) is 26.1. The normalized spacial score (nSPS) is 26.6. The first-order chi connectivity index (χ1) is 33.2. The molecule has 0 bridgehead atoms. The zero-order valence-electron chi connectivity index (χ0n) is 44.4. The molecule has 8 rings (SSSR count). The Labute approximate surface area is 423 Å². The van der Waals surface area contributed by atoms with Crippen LogP contribution in [0, 0.1) is 23.7 Å². The second-order valence-electron chi connectivity index (χ2n) is 23.0. The van der Waals surface area contributed by atoms with Crippen LogP contribution in [0.2, 0.25) is 0 Å². The molecule has 0 radical (unpaired) electrons. The summed E-state index contributed by atoms with van der Waals surface area (Å²) in [7, 11) is 0. The van der Waals surface area contributed by atoms with Crippen LogP contribution in [0.5, 0.6) is 0 Å². The molecule has 0 aromatic carbocycles. The van der Waals surface area contributed by atoms with E-state index in [1.165, 1.54) is 25.7 Å². The van der Waals surface area contributed by atoms with Crippen LogP contribution < -0.4 is 21.3 Å². The topological polar surface area (TPSA) is 315 Å². The minimum atomic E-state index is -1.82. The van der Waals surface area contributed by atoms with Gasteiger partial charge in [0.15, 0.2) is 0 Å². The van der Waals surface area contributed by atoms with E-state index in [9.17, 15) is 19.2 Å². The lowest BCUT2D eigenvalue weighted by Gasteiger charge is -2.50. The minimum Gasteiger partial charge on any atom is -0.473 e. The van der Waals surface area contributed by atoms with Gasteiger partial charge >= 0.3 is 48.3 Å². The zero-order chi connectivity index (χ0) is 54.5. The third kappa shape index (κ3) is 20.0. The lowest BCUT2D eigenvalue weighted by molar-refractivity contribution is -0.159. The molecule has 8 N–H and O–H groups in total. The van der Waals surface area contributed by atoms with Gasteiger partial charge in [-0.1, -0.05) is 0 Å². The van der Waals surface area contributed by atoms with Crippen molar-refractivity contribution in [2.75, 3.05) is 78.5 Å². The smallest absolute Gasteiger partial charge is 0.414 e. The van der Waals surface area contributed by atoms with Crippen LogP contribution >= 0.6 is 0 Å². The van der Waals surface area contributed by atoms with Gasteiger partial charge in [0.05, 0.1) is 24.2 Å². The summed E-state index contributed by atoms with van der Waals surface area (Å²) in [5.41, 5.74) is -1.54. The number of carbonyl (C=O) groups is 8. The molecule has 8 atom stereocenters. The zero-order valence-corrected chi connectivity index (χ0v) is 44.4. The third-order valence-corrected chi connectivity index (χ3v) is 12.6. The predicted molar refractivity (Wildman–Crippen MR) is 261 cm³/mol. The first-order valence-electron chi connectivity index (χ1n) is 24.9. The Hall–Kier alpha value is -5.20. The number of fused-ring (bicyclic) bond motifs is 4. The number of amides is 4. The molecule has 8 heterocycles. The second-order valence-corrected chi connectivity index (χ2v) is 23.0. The van der Waals surface area contributed by atoms with Crippen molar-refractivity contribution in [3.8, 4) is 0 Å². The first-order valence-corrected chi connectivity index (χ1v) is 24.9. The van der Waals surface area contributed by atoms with Crippen molar-refractivity contribution in [1.29, 1.82) is 0 Å². The Balaban J connectivity index is 0.000000236. The Morgan fingerprint density at radius 2 is 0.514 bits per heavy atom. The summed E-state index contributed by atoms with van der Waals surface area (Å²) < 4.78 is 21.4.